The molecule has 1 aromatic rings. The minimum absolute atomic E-state index is 0.0856. The van der Waals surface area contributed by atoms with Crippen molar-refractivity contribution in [2.45, 2.75) is 18.2 Å². The molecule has 0 saturated heterocycles. The van der Waals surface area contributed by atoms with Crippen molar-refractivity contribution in [3.8, 4) is 0 Å². The molecular weight excluding hydrogens is 332 g/mol. The van der Waals surface area contributed by atoms with Crippen molar-refractivity contribution in [1.29, 1.82) is 0 Å². The van der Waals surface area contributed by atoms with Crippen molar-refractivity contribution in [3.63, 3.8) is 0 Å². The second-order valence-corrected chi connectivity index (χ2v) is 7.24. The molecule has 6 heteroatoms. The molecule has 0 amide bonds. The Labute approximate surface area is 123 Å². The van der Waals surface area contributed by atoms with Gasteiger partial charge >= 0.3 is 5.97 Å². The van der Waals surface area contributed by atoms with Crippen LogP contribution in [0.15, 0.2) is 24.3 Å². The highest BCUT2D eigenvalue weighted by Gasteiger charge is 2.30. The standard InChI is InChI=1S/C13H17BrO4S/c1-9(8-19(16)17)13(2,14)11-6-4-10(5-7-11)12(15)18-3/h4-7,9,19H,8H2,1-3H3. The number of hydrogen-bond acceptors (Lipinski definition) is 4. The van der Waals surface area contributed by atoms with E-state index in [4.69, 9.17) is 0 Å². The molecule has 1 rings (SSSR count). The highest BCUT2D eigenvalue weighted by atomic mass is 79.9. The van der Waals surface area contributed by atoms with Crippen molar-refractivity contribution in [3.05, 3.63) is 35.4 Å². The minimum Gasteiger partial charge on any atom is -0.465 e. The normalized spacial score (nSPS) is 15.8. The van der Waals surface area contributed by atoms with Crippen LogP contribution in [0.4, 0.5) is 0 Å². The first kappa shape index (κ1) is 16.2. The number of hydrogen-bond donors (Lipinski definition) is 1. The van der Waals surface area contributed by atoms with Crippen molar-refractivity contribution in [2.24, 2.45) is 5.92 Å². The number of ether oxygens (including phenoxy) is 1. The Hall–Kier alpha value is -0.880. The van der Waals surface area contributed by atoms with Gasteiger partial charge in [0.25, 0.3) is 0 Å². The summed E-state index contributed by atoms with van der Waals surface area (Å²) in [4.78, 5) is 11.3. The fourth-order valence-electron chi connectivity index (χ4n) is 1.73. The summed E-state index contributed by atoms with van der Waals surface area (Å²) < 4.78 is 25.8. The fourth-order valence-corrected chi connectivity index (χ4v) is 3.22. The summed E-state index contributed by atoms with van der Waals surface area (Å²) in [6.07, 6.45) is 0. The van der Waals surface area contributed by atoms with Crippen LogP contribution in [-0.4, -0.2) is 27.2 Å². The smallest absolute Gasteiger partial charge is 0.337 e. The van der Waals surface area contributed by atoms with E-state index in [1.54, 1.807) is 24.3 Å². The second-order valence-electron chi connectivity index (χ2n) is 4.56. The average molecular weight is 349 g/mol. The van der Waals surface area contributed by atoms with Crippen LogP contribution in [-0.2, 0) is 19.8 Å². The zero-order chi connectivity index (χ0) is 14.6. The molecule has 0 aliphatic rings. The molecule has 0 heterocycles. The van der Waals surface area contributed by atoms with Crippen LogP contribution < -0.4 is 0 Å². The molecule has 0 aliphatic carbocycles. The van der Waals surface area contributed by atoms with Crippen molar-refractivity contribution >= 4 is 32.6 Å². The molecule has 0 saturated carbocycles. The van der Waals surface area contributed by atoms with E-state index in [0.717, 1.165) is 5.56 Å². The van der Waals surface area contributed by atoms with Crippen molar-refractivity contribution in [2.75, 3.05) is 12.9 Å². The molecular formula is C13H17BrO4S. The summed E-state index contributed by atoms with van der Waals surface area (Å²) in [6.45, 7) is 3.79. The van der Waals surface area contributed by atoms with Gasteiger partial charge in [0.15, 0.2) is 0 Å². The van der Waals surface area contributed by atoms with E-state index in [2.05, 4.69) is 20.7 Å². The first-order valence-electron chi connectivity index (χ1n) is 5.78. The van der Waals surface area contributed by atoms with E-state index in [9.17, 15) is 13.2 Å². The van der Waals surface area contributed by atoms with E-state index in [1.165, 1.54) is 7.11 Å². The Bertz CT molecular complexity index is 512. The zero-order valence-electron chi connectivity index (χ0n) is 11.1. The number of halogens is 1. The van der Waals surface area contributed by atoms with Gasteiger partial charge in [-0.05, 0) is 30.5 Å². The van der Waals surface area contributed by atoms with E-state index in [-0.39, 0.29) is 11.7 Å². The molecule has 4 nitrogen and oxygen atoms in total. The molecule has 19 heavy (non-hydrogen) atoms. The quantitative estimate of drug-likeness (QED) is 0.504. The number of esters is 1. The third kappa shape index (κ3) is 4.04. The number of methoxy groups -OCH3 is 1. The Morgan fingerprint density at radius 1 is 1.37 bits per heavy atom. The number of alkyl halides is 1. The summed E-state index contributed by atoms with van der Waals surface area (Å²) >= 11 is 3.58. The summed E-state index contributed by atoms with van der Waals surface area (Å²) in [7, 11) is -1.09. The largest absolute Gasteiger partial charge is 0.465 e. The highest BCUT2D eigenvalue weighted by molar-refractivity contribution is 9.09. The number of rotatable bonds is 5. The molecule has 2 unspecified atom stereocenters. The predicted octanol–water partition coefficient (Wildman–Crippen LogP) is 2.33. The first-order chi connectivity index (χ1) is 8.78. The van der Waals surface area contributed by atoms with Crippen LogP contribution in [0, 0.1) is 5.92 Å². The Morgan fingerprint density at radius 3 is 2.32 bits per heavy atom. The van der Waals surface area contributed by atoms with Crippen LogP contribution in [0.5, 0.6) is 0 Å². The Kier molecular flexibility index (Phi) is 5.55. The van der Waals surface area contributed by atoms with Gasteiger partial charge in [0.05, 0.1) is 22.8 Å². The molecule has 106 valence electrons. The average Bonchev–Trinajstić information content (AvgIpc) is 2.37. The van der Waals surface area contributed by atoms with Crippen molar-refractivity contribution < 1.29 is 17.9 Å². The molecule has 2 atom stereocenters. The maximum atomic E-state index is 11.3. The van der Waals surface area contributed by atoms with E-state index in [1.807, 2.05) is 13.8 Å². The lowest BCUT2D eigenvalue weighted by molar-refractivity contribution is 0.0600. The number of benzene rings is 1. The maximum absolute atomic E-state index is 11.3. The summed E-state index contributed by atoms with van der Waals surface area (Å²) in [5.41, 5.74) is 1.39. The third-order valence-corrected chi connectivity index (χ3v) is 5.30. The van der Waals surface area contributed by atoms with Gasteiger partial charge in [0, 0.05) is 0 Å². The second kappa shape index (κ2) is 6.52. The van der Waals surface area contributed by atoms with Crippen molar-refractivity contribution in [1.82, 2.24) is 0 Å². The Morgan fingerprint density at radius 2 is 1.89 bits per heavy atom. The van der Waals surface area contributed by atoms with Gasteiger partial charge in [-0.1, -0.05) is 35.0 Å². The SMILES string of the molecule is COC(=O)c1ccc(C(C)(Br)C(C)C[SH](=O)=O)cc1. The third-order valence-electron chi connectivity index (χ3n) is 3.22. The van der Waals surface area contributed by atoms with E-state index < -0.39 is 21.0 Å². The molecule has 0 bridgehead atoms. The Balaban J connectivity index is 2.98. The van der Waals surface area contributed by atoms with E-state index in [0.29, 0.717) is 5.56 Å². The fraction of sp³-hybridized carbons (Fsp3) is 0.462. The summed E-state index contributed by atoms with van der Waals surface area (Å²) in [6, 6.07) is 6.94. The number of carbonyl (C=O) groups excluding carboxylic acids is 1. The van der Waals surface area contributed by atoms with E-state index >= 15 is 0 Å². The minimum atomic E-state index is -2.42. The number of thiol groups is 1. The molecule has 0 fully saturated rings. The van der Waals surface area contributed by atoms with Gasteiger partial charge in [-0.15, -0.1) is 0 Å². The van der Waals surface area contributed by atoms with Crippen LogP contribution in [0.1, 0.15) is 29.8 Å². The molecule has 1 aromatic carbocycles. The lowest BCUT2D eigenvalue weighted by Crippen LogP contribution is -2.26. The first-order valence-corrected chi connectivity index (χ1v) is 7.94. The van der Waals surface area contributed by atoms with Gasteiger partial charge in [-0.3, -0.25) is 0 Å². The summed E-state index contributed by atoms with van der Waals surface area (Å²) in [5.74, 6) is -0.369. The predicted molar refractivity (Wildman–Crippen MR) is 78.4 cm³/mol. The monoisotopic (exact) mass is 348 g/mol. The topological polar surface area (TPSA) is 60.4 Å². The zero-order valence-corrected chi connectivity index (χ0v) is 13.5. The van der Waals surface area contributed by atoms with Crippen LogP contribution in [0.2, 0.25) is 0 Å². The summed E-state index contributed by atoms with van der Waals surface area (Å²) in [5, 5.41) is 0. The lowest BCUT2D eigenvalue weighted by Gasteiger charge is -2.29. The molecule has 0 radical (unpaired) electrons. The molecule has 0 spiro atoms. The highest BCUT2D eigenvalue weighted by Crippen LogP contribution is 2.38. The van der Waals surface area contributed by atoms with Crippen LogP contribution in [0.25, 0.3) is 0 Å². The van der Waals surface area contributed by atoms with Gasteiger partial charge in [0.2, 0.25) is 0 Å². The molecule has 0 N–H and O–H groups in total. The molecule has 0 aromatic heterocycles. The number of carbonyl (C=O) groups is 1. The van der Waals surface area contributed by atoms with Crippen LogP contribution in [0.3, 0.4) is 0 Å². The maximum Gasteiger partial charge on any atom is 0.337 e. The van der Waals surface area contributed by atoms with Gasteiger partial charge in [-0.25, -0.2) is 13.2 Å². The van der Waals surface area contributed by atoms with Gasteiger partial charge in [-0.2, -0.15) is 0 Å². The van der Waals surface area contributed by atoms with Crippen LogP contribution >= 0.6 is 15.9 Å². The molecule has 0 aliphatic heterocycles. The lowest BCUT2D eigenvalue weighted by atomic mass is 9.89. The van der Waals surface area contributed by atoms with Gasteiger partial charge in [0.1, 0.15) is 10.7 Å². The van der Waals surface area contributed by atoms with Gasteiger partial charge < -0.3 is 4.74 Å².